The normalized spacial score (nSPS) is 3.00. The zero-order valence-electron chi connectivity index (χ0n) is 5.73. The van der Waals surface area contributed by atoms with Crippen molar-refractivity contribution in [3.05, 3.63) is 0 Å². The van der Waals surface area contributed by atoms with Crippen LogP contribution in [0, 0.1) is 0 Å². The fourth-order valence-corrected chi connectivity index (χ4v) is 0. The van der Waals surface area contributed by atoms with Crippen LogP contribution in [0.1, 0.15) is 0 Å². The molecular weight excluding hydrogens is 550 g/mol. The molecule has 0 aliphatic carbocycles. The summed E-state index contributed by atoms with van der Waals surface area (Å²) in [6.07, 6.45) is 0. The van der Waals surface area contributed by atoms with E-state index in [1.165, 1.54) is 0 Å². The predicted octanol–water partition coefficient (Wildman–Crippen LogP) is -1.37. The van der Waals surface area contributed by atoms with Gasteiger partial charge in [-0.2, -0.15) is 0 Å². The van der Waals surface area contributed by atoms with Gasteiger partial charge in [-0.15, -0.1) is 0 Å². The molecule has 0 aromatic rings. The van der Waals surface area contributed by atoms with Crippen molar-refractivity contribution in [2.24, 2.45) is 0 Å². The summed E-state index contributed by atoms with van der Waals surface area (Å²) >= 11 is 1.12. The van der Waals surface area contributed by atoms with Crippen LogP contribution in [-0.4, -0.2) is 102 Å². The summed E-state index contributed by atoms with van der Waals surface area (Å²) in [5.41, 5.74) is 0. The summed E-state index contributed by atoms with van der Waals surface area (Å²) in [6.45, 7) is 0. The summed E-state index contributed by atoms with van der Waals surface area (Å²) < 4.78 is 57.4. The molecule has 0 fully saturated rings. The van der Waals surface area contributed by atoms with Gasteiger partial charge in [0.05, 0.1) is 0 Å². The fourth-order valence-electron chi connectivity index (χ4n) is 0. The van der Waals surface area contributed by atoms with Gasteiger partial charge in [0.2, 0.25) is 0 Å². The first-order valence-corrected chi connectivity index (χ1v) is 6.80. The zero-order chi connectivity index (χ0) is 12.0. The van der Waals surface area contributed by atoms with Crippen molar-refractivity contribution < 1.29 is 21.0 Å². The van der Waals surface area contributed by atoms with E-state index in [-0.39, 0.29) is 102 Å². The zero-order valence-corrected chi connectivity index (χ0v) is 20.3. The van der Waals surface area contributed by atoms with E-state index in [1.807, 2.05) is 0 Å². The first-order valence-electron chi connectivity index (χ1n) is 1.31. The quantitative estimate of drug-likeness (QED) is 0.256. The summed E-state index contributed by atoms with van der Waals surface area (Å²) in [6, 6.07) is 0. The van der Waals surface area contributed by atoms with E-state index in [0.29, 0.717) is 0 Å². The summed E-state index contributed by atoms with van der Waals surface area (Å²) in [4.78, 5) is 0. The molecule has 0 heterocycles. The third-order valence-electron chi connectivity index (χ3n) is 0. The van der Waals surface area contributed by atoms with Gasteiger partial charge in [-0.05, 0) is 0 Å². The Hall–Kier alpha value is 2.84. The Labute approximate surface area is 121 Å². The van der Waals surface area contributed by atoms with Crippen LogP contribution in [0.15, 0.2) is 0 Å². The monoisotopic (exact) mass is 564 g/mol. The molecule has 72 valence electrons. The molecule has 0 aromatic carbocycles. The van der Waals surface area contributed by atoms with Gasteiger partial charge in [0, 0.05) is 0 Å². The van der Waals surface area contributed by atoms with Crippen LogP contribution in [0.2, 0.25) is 0 Å². The average Bonchev–Trinajstić information content (AvgIpc) is 2.33. The van der Waals surface area contributed by atoms with Crippen molar-refractivity contribution in [1.29, 1.82) is 0 Å². The molecule has 0 amide bonds. The molecule has 0 nitrogen and oxygen atoms in total. The van der Waals surface area contributed by atoms with E-state index in [9.17, 15) is 21.0 Å². The molecule has 0 unspecified atom stereocenters. The summed E-state index contributed by atoms with van der Waals surface area (Å²) in [5.74, 6) is 0. The van der Waals surface area contributed by atoms with E-state index in [1.54, 1.807) is 0 Å². The van der Waals surface area contributed by atoms with E-state index >= 15 is 0 Å². The van der Waals surface area contributed by atoms with Crippen molar-refractivity contribution in [3.63, 3.8) is 0 Å². The molecule has 0 rings (SSSR count). The number of halogens is 6. The standard InChI is InChI=1S/6FGeH/c6*1-2/h6*2H. The number of rotatable bonds is 0. The average molecular weight is 556 g/mol. The fraction of sp³-hybridized carbons (Fsp3) is 0. The van der Waals surface area contributed by atoms with Crippen LogP contribution >= 0.6 is 0 Å². The maximum atomic E-state index is 9.56. The van der Waals surface area contributed by atoms with Gasteiger partial charge in [0.25, 0.3) is 0 Å². The first kappa shape index (κ1) is 36.4. The van der Waals surface area contributed by atoms with E-state index < -0.39 is 0 Å². The van der Waals surface area contributed by atoms with Crippen LogP contribution in [0.4, 0.5) is 21.0 Å². The second-order valence-corrected chi connectivity index (χ2v) is 0. The molecular formula is H6F6Ge6. The molecule has 12 radical (unpaired) electrons. The molecule has 12 heavy (non-hydrogen) atoms. The predicted molar refractivity (Wildman–Crippen MR) is 49.5 cm³/mol. The van der Waals surface area contributed by atoms with Crippen molar-refractivity contribution in [2.45, 2.75) is 0 Å². The minimum absolute atomic E-state index is 0.188. The molecule has 0 aromatic heterocycles. The molecule has 0 aliphatic rings. The Kier molecular flexibility index (Phi) is 859. The second kappa shape index (κ2) is 283. The van der Waals surface area contributed by atoms with Gasteiger partial charge >= 0.3 is 123 Å². The molecule has 0 aliphatic heterocycles. The van der Waals surface area contributed by atoms with Crippen LogP contribution in [0.3, 0.4) is 0 Å². The molecule has 12 heteroatoms. The van der Waals surface area contributed by atoms with Crippen LogP contribution in [0.5, 0.6) is 0 Å². The Morgan fingerprint density at radius 3 is 0.250 bits per heavy atom. The van der Waals surface area contributed by atoms with E-state index in [2.05, 4.69) is 0 Å². The van der Waals surface area contributed by atoms with Crippen molar-refractivity contribution in [2.75, 3.05) is 0 Å². The Morgan fingerprint density at radius 2 is 0.250 bits per heavy atom. The molecule has 0 saturated carbocycles. The van der Waals surface area contributed by atoms with Gasteiger partial charge < -0.3 is 0 Å². The van der Waals surface area contributed by atoms with Crippen LogP contribution in [-0.2, 0) is 0 Å². The molecule has 0 saturated heterocycles. The van der Waals surface area contributed by atoms with Crippen LogP contribution in [0.25, 0.3) is 0 Å². The van der Waals surface area contributed by atoms with E-state index in [4.69, 9.17) is 0 Å². The second-order valence-electron chi connectivity index (χ2n) is 0. The Balaban J connectivity index is -0.00000000900. The first-order chi connectivity index (χ1) is 6.00. The molecule has 0 spiro atoms. The molecule has 0 N–H and O–H groups in total. The van der Waals surface area contributed by atoms with Gasteiger partial charge in [-0.3, -0.25) is 0 Å². The molecule has 0 atom stereocenters. The van der Waals surface area contributed by atoms with Crippen LogP contribution < -0.4 is 0 Å². The van der Waals surface area contributed by atoms with Gasteiger partial charge in [-0.25, -0.2) is 0 Å². The van der Waals surface area contributed by atoms with Crippen molar-refractivity contribution in [1.82, 2.24) is 0 Å². The van der Waals surface area contributed by atoms with Crippen molar-refractivity contribution in [3.8, 4) is 0 Å². The third kappa shape index (κ3) is 223. The van der Waals surface area contributed by atoms with Gasteiger partial charge in [0.15, 0.2) is 0 Å². The Bertz CT molecular complexity index is 12.0. The topological polar surface area (TPSA) is 0 Å². The SMILES string of the molecule is [F][GeH].[F][GeH].[F][GeH].[F][GeH].[F][GeH].[F][GeH]. The van der Waals surface area contributed by atoms with Gasteiger partial charge in [0.1, 0.15) is 0 Å². The third-order valence-corrected chi connectivity index (χ3v) is 0. The minimum atomic E-state index is 0.188. The number of hydrogen-bond acceptors (Lipinski definition) is 0. The number of hydrogen-bond donors (Lipinski definition) is 0. The summed E-state index contributed by atoms with van der Waals surface area (Å²) in [7, 11) is 0. The maximum absolute atomic E-state index is 9.56. The Morgan fingerprint density at radius 1 is 0.250 bits per heavy atom. The molecule has 0 bridgehead atoms. The van der Waals surface area contributed by atoms with E-state index in [0.717, 1.165) is 0 Å². The van der Waals surface area contributed by atoms with Crippen molar-refractivity contribution >= 4 is 102 Å². The van der Waals surface area contributed by atoms with Gasteiger partial charge in [-0.1, -0.05) is 0 Å². The summed E-state index contributed by atoms with van der Waals surface area (Å²) in [5, 5.41) is 0.